The summed E-state index contributed by atoms with van der Waals surface area (Å²) in [5, 5.41) is 21.9. The second-order valence-electron chi connectivity index (χ2n) is 7.13. The number of aromatic nitrogens is 4. The number of para-hydroxylation sites is 2. The van der Waals surface area contributed by atoms with Gasteiger partial charge in [0.1, 0.15) is 11.4 Å². The Balaban J connectivity index is 1.47. The fourth-order valence-corrected chi connectivity index (χ4v) is 3.63. The van der Waals surface area contributed by atoms with Gasteiger partial charge in [-0.3, -0.25) is 9.89 Å². The van der Waals surface area contributed by atoms with Crippen molar-refractivity contribution < 1.29 is 14.6 Å². The summed E-state index contributed by atoms with van der Waals surface area (Å²) < 4.78 is 6.99. The molecule has 0 saturated carbocycles. The molecule has 146 valence electrons. The minimum absolute atomic E-state index is 0.0316. The van der Waals surface area contributed by atoms with E-state index in [9.17, 15) is 9.90 Å². The predicted molar refractivity (Wildman–Crippen MR) is 103 cm³/mol. The Labute approximate surface area is 162 Å². The fourth-order valence-electron chi connectivity index (χ4n) is 3.63. The molecule has 0 bridgehead atoms. The molecule has 8 nitrogen and oxygen atoms in total. The van der Waals surface area contributed by atoms with E-state index < -0.39 is 6.10 Å². The van der Waals surface area contributed by atoms with Crippen molar-refractivity contribution in [3.05, 3.63) is 59.7 Å². The van der Waals surface area contributed by atoms with Gasteiger partial charge in [-0.05, 0) is 31.5 Å². The molecule has 2 atom stereocenters. The highest BCUT2D eigenvalue weighted by molar-refractivity contribution is 5.94. The Bertz CT molecular complexity index is 980. The summed E-state index contributed by atoms with van der Waals surface area (Å²) >= 11 is 0. The largest absolute Gasteiger partial charge is 0.494 e. The number of amides is 1. The van der Waals surface area contributed by atoms with Crippen molar-refractivity contribution in [2.75, 3.05) is 20.2 Å². The van der Waals surface area contributed by atoms with Gasteiger partial charge >= 0.3 is 0 Å². The van der Waals surface area contributed by atoms with E-state index in [1.54, 1.807) is 29.1 Å². The molecule has 1 saturated heterocycles. The molecule has 3 heterocycles. The number of aliphatic hydroxyl groups excluding tert-OH is 1. The highest BCUT2D eigenvalue weighted by Crippen LogP contribution is 2.25. The van der Waals surface area contributed by atoms with Crippen molar-refractivity contribution in [1.82, 2.24) is 24.9 Å². The minimum Gasteiger partial charge on any atom is -0.494 e. The summed E-state index contributed by atoms with van der Waals surface area (Å²) in [7, 11) is 1.60. The average molecular weight is 381 g/mol. The van der Waals surface area contributed by atoms with Crippen molar-refractivity contribution in [2.45, 2.75) is 19.4 Å². The van der Waals surface area contributed by atoms with Crippen LogP contribution in [0.1, 0.15) is 21.7 Å². The molecular formula is C20H23N5O3. The highest BCUT2D eigenvalue weighted by Gasteiger charge is 2.35. The molecule has 8 heteroatoms. The summed E-state index contributed by atoms with van der Waals surface area (Å²) in [6.07, 6.45) is 3.31. The van der Waals surface area contributed by atoms with Crippen molar-refractivity contribution in [2.24, 2.45) is 5.92 Å². The maximum Gasteiger partial charge on any atom is 0.257 e. The zero-order valence-corrected chi connectivity index (χ0v) is 15.9. The van der Waals surface area contributed by atoms with Crippen LogP contribution in [0.15, 0.2) is 42.7 Å². The smallest absolute Gasteiger partial charge is 0.257 e. The number of aromatic amines is 1. The van der Waals surface area contributed by atoms with E-state index in [0.29, 0.717) is 30.8 Å². The number of aryl methyl sites for hydroxylation is 1. The number of hydrogen-bond acceptors (Lipinski definition) is 5. The van der Waals surface area contributed by atoms with Gasteiger partial charge in [-0.1, -0.05) is 12.1 Å². The Kier molecular flexibility index (Phi) is 4.87. The van der Waals surface area contributed by atoms with Crippen LogP contribution in [0, 0.1) is 12.8 Å². The van der Waals surface area contributed by atoms with E-state index in [1.165, 1.54) is 0 Å². The molecule has 3 aromatic rings. The quantitative estimate of drug-likeness (QED) is 0.700. The lowest BCUT2D eigenvalue weighted by atomic mass is 10.0. The van der Waals surface area contributed by atoms with Crippen LogP contribution in [0.25, 0.3) is 5.69 Å². The second-order valence-corrected chi connectivity index (χ2v) is 7.13. The number of benzene rings is 1. The average Bonchev–Trinajstić information content (AvgIpc) is 3.42. The molecule has 28 heavy (non-hydrogen) atoms. The number of nitrogens with zero attached hydrogens (tertiary/aromatic N) is 4. The fraction of sp³-hybridized carbons (Fsp3) is 0.350. The topological polar surface area (TPSA) is 96.3 Å². The maximum absolute atomic E-state index is 12.9. The molecule has 1 amide bonds. The standard InChI is InChI=1S/C20H23N5O3/c1-13-7-16(23-22-13)8-14-10-24(12-18(14)26)20(27)15-9-21-25(11-15)17-5-3-4-6-19(17)28-2/h3-7,9,11,14,18,26H,8,10,12H2,1-2H3,(H,22,23)/t14-,18-/m1/s1. The lowest BCUT2D eigenvalue weighted by Gasteiger charge is -2.14. The van der Waals surface area contributed by atoms with Gasteiger partial charge < -0.3 is 14.7 Å². The van der Waals surface area contributed by atoms with E-state index in [1.807, 2.05) is 37.3 Å². The van der Waals surface area contributed by atoms with Gasteiger partial charge in [-0.15, -0.1) is 0 Å². The number of likely N-dealkylation sites (tertiary alicyclic amines) is 1. The Morgan fingerprint density at radius 1 is 1.36 bits per heavy atom. The van der Waals surface area contributed by atoms with E-state index >= 15 is 0 Å². The van der Waals surface area contributed by atoms with Crippen LogP contribution < -0.4 is 4.74 Å². The predicted octanol–water partition coefficient (Wildman–Crippen LogP) is 1.59. The summed E-state index contributed by atoms with van der Waals surface area (Å²) in [5.74, 6) is 0.507. The third-order valence-electron chi connectivity index (χ3n) is 5.09. The molecule has 2 aromatic heterocycles. The molecule has 1 aliphatic rings. The van der Waals surface area contributed by atoms with E-state index in [0.717, 1.165) is 17.1 Å². The van der Waals surface area contributed by atoms with E-state index in [4.69, 9.17) is 4.74 Å². The van der Waals surface area contributed by atoms with Crippen molar-refractivity contribution in [3.8, 4) is 11.4 Å². The van der Waals surface area contributed by atoms with Gasteiger partial charge in [0.05, 0.1) is 30.7 Å². The number of carbonyl (C=O) groups excluding carboxylic acids is 1. The Hall–Kier alpha value is -3.13. The van der Waals surface area contributed by atoms with Crippen LogP contribution in [-0.2, 0) is 6.42 Å². The number of hydrogen-bond donors (Lipinski definition) is 2. The molecule has 0 unspecified atom stereocenters. The monoisotopic (exact) mass is 381 g/mol. The van der Waals surface area contributed by atoms with E-state index in [2.05, 4.69) is 15.3 Å². The molecule has 0 aliphatic carbocycles. The number of β-amino-alcohol motifs (C(OH)–C–C–N with tert-alkyl or cyclic N) is 1. The molecule has 1 aliphatic heterocycles. The number of ether oxygens (including phenoxy) is 1. The molecule has 0 spiro atoms. The summed E-state index contributed by atoms with van der Waals surface area (Å²) in [6.45, 7) is 2.75. The van der Waals surface area contributed by atoms with Crippen LogP contribution in [-0.4, -0.2) is 62.2 Å². The first-order valence-corrected chi connectivity index (χ1v) is 9.21. The Morgan fingerprint density at radius 2 is 2.18 bits per heavy atom. The van der Waals surface area contributed by atoms with E-state index in [-0.39, 0.29) is 11.8 Å². The zero-order valence-electron chi connectivity index (χ0n) is 15.9. The number of H-pyrrole nitrogens is 1. The number of nitrogens with one attached hydrogen (secondary N) is 1. The molecule has 1 fully saturated rings. The first-order chi connectivity index (χ1) is 13.5. The first kappa shape index (κ1) is 18.2. The van der Waals surface area contributed by atoms with Gasteiger partial charge in [-0.25, -0.2) is 4.68 Å². The highest BCUT2D eigenvalue weighted by atomic mass is 16.5. The summed E-state index contributed by atoms with van der Waals surface area (Å²) in [4.78, 5) is 14.6. The molecule has 0 radical (unpaired) electrons. The number of methoxy groups -OCH3 is 1. The second kappa shape index (κ2) is 7.47. The number of rotatable bonds is 5. The van der Waals surface area contributed by atoms with Crippen LogP contribution in [0.5, 0.6) is 5.75 Å². The number of aliphatic hydroxyl groups is 1. The van der Waals surface area contributed by atoms with Crippen LogP contribution in [0.3, 0.4) is 0 Å². The normalized spacial score (nSPS) is 19.2. The van der Waals surface area contributed by atoms with Crippen LogP contribution in [0.2, 0.25) is 0 Å². The number of carbonyl (C=O) groups is 1. The van der Waals surface area contributed by atoms with Gasteiger partial charge in [0.15, 0.2) is 0 Å². The van der Waals surface area contributed by atoms with Gasteiger partial charge in [0, 0.05) is 30.9 Å². The van der Waals surface area contributed by atoms with Crippen LogP contribution in [0.4, 0.5) is 0 Å². The lowest BCUT2D eigenvalue weighted by Crippen LogP contribution is -2.29. The molecule has 4 rings (SSSR count). The zero-order chi connectivity index (χ0) is 19.7. The minimum atomic E-state index is -0.565. The Morgan fingerprint density at radius 3 is 2.93 bits per heavy atom. The van der Waals surface area contributed by atoms with Crippen molar-refractivity contribution in [3.63, 3.8) is 0 Å². The maximum atomic E-state index is 12.9. The van der Waals surface area contributed by atoms with Gasteiger partial charge in [0.2, 0.25) is 0 Å². The van der Waals surface area contributed by atoms with Crippen molar-refractivity contribution >= 4 is 5.91 Å². The van der Waals surface area contributed by atoms with Crippen LogP contribution >= 0.6 is 0 Å². The molecule has 1 aromatic carbocycles. The third kappa shape index (κ3) is 3.50. The lowest BCUT2D eigenvalue weighted by molar-refractivity contribution is 0.0764. The SMILES string of the molecule is COc1ccccc1-n1cc(C(=O)N2C[C@@H](Cc3cc(C)[nH]n3)[C@H](O)C2)cn1. The van der Waals surface area contributed by atoms with Gasteiger partial charge in [0.25, 0.3) is 5.91 Å². The summed E-state index contributed by atoms with van der Waals surface area (Å²) in [6, 6.07) is 9.45. The van der Waals surface area contributed by atoms with Gasteiger partial charge in [-0.2, -0.15) is 10.2 Å². The first-order valence-electron chi connectivity index (χ1n) is 9.21. The summed E-state index contributed by atoms with van der Waals surface area (Å²) in [5.41, 5.74) is 3.13. The third-order valence-corrected chi connectivity index (χ3v) is 5.09. The molecule has 2 N–H and O–H groups in total. The molecular weight excluding hydrogens is 358 g/mol. The van der Waals surface area contributed by atoms with Crippen molar-refractivity contribution in [1.29, 1.82) is 0 Å².